The average Bonchev–Trinajstić information content (AvgIpc) is 3.23. The minimum Gasteiger partial charge on any atom is -0.497 e. The fourth-order valence-corrected chi connectivity index (χ4v) is 5.50. The molecule has 0 aliphatic heterocycles. The summed E-state index contributed by atoms with van der Waals surface area (Å²) in [5.74, 6) is 0.733. The number of hydrogen-bond acceptors (Lipinski definition) is 5. The number of carbonyl (C=O) groups is 1. The molecule has 0 aliphatic rings. The maximum Gasteiger partial charge on any atom is 0.419 e. The molecular weight excluding hydrogens is 512 g/mol. The number of sulfonamides is 1. The number of benzene rings is 3. The number of nitrogens with zero attached hydrogens (tertiary/aromatic N) is 1. The molecule has 0 atom stereocenters. The molecule has 4 rings (SSSR count). The number of halogens is 1. The number of fused-ring (bicyclic) bond motifs is 1. The fourth-order valence-electron chi connectivity index (χ4n) is 3.94. The Morgan fingerprint density at radius 3 is 2.38 bits per heavy atom. The van der Waals surface area contributed by atoms with Gasteiger partial charge in [0, 0.05) is 17.5 Å². The van der Waals surface area contributed by atoms with Crippen LogP contribution in [-0.2, 0) is 21.2 Å². The van der Waals surface area contributed by atoms with Crippen LogP contribution in [0.1, 0.15) is 26.3 Å². The van der Waals surface area contributed by atoms with Gasteiger partial charge in [0.25, 0.3) is 0 Å². The molecule has 1 aromatic heterocycles. The lowest BCUT2D eigenvalue weighted by Gasteiger charge is -2.21. The zero-order valence-electron chi connectivity index (χ0n) is 21.1. The standard InChI is InChI=1S/C28H29ClN2O5S/c1-28(2,3)36-27(32)31-24-8-6-5-7-20(24)17-25(31)21-11-14-23(29)26(18-21)37(33,34)30-16-15-19-9-12-22(35-4)13-10-19/h5-14,17-18,30H,15-16H2,1-4H3. The lowest BCUT2D eigenvalue weighted by molar-refractivity contribution is 0.0547. The SMILES string of the molecule is COc1ccc(CCNS(=O)(=O)c2cc(-c3cc4ccccc4n3C(=O)OC(C)(C)C)ccc2Cl)cc1. The van der Waals surface area contributed by atoms with Crippen molar-refractivity contribution in [2.75, 3.05) is 13.7 Å². The second-order valence-electron chi connectivity index (χ2n) is 9.55. The third-order valence-electron chi connectivity index (χ3n) is 5.67. The van der Waals surface area contributed by atoms with Crippen molar-refractivity contribution in [1.29, 1.82) is 0 Å². The molecule has 0 amide bonds. The minimum absolute atomic E-state index is 0.0672. The van der Waals surface area contributed by atoms with Gasteiger partial charge in [0.05, 0.1) is 23.3 Å². The molecule has 37 heavy (non-hydrogen) atoms. The van der Waals surface area contributed by atoms with Crippen molar-refractivity contribution in [2.24, 2.45) is 0 Å². The third kappa shape index (κ3) is 6.15. The first kappa shape index (κ1) is 26.7. The minimum atomic E-state index is -3.93. The highest BCUT2D eigenvalue weighted by Gasteiger charge is 2.24. The average molecular weight is 541 g/mol. The number of carbonyl (C=O) groups excluding carboxylic acids is 1. The monoisotopic (exact) mass is 540 g/mol. The maximum absolute atomic E-state index is 13.2. The lowest BCUT2D eigenvalue weighted by atomic mass is 10.1. The molecule has 7 nitrogen and oxygen atoms in total. The largest absolute Gasteiger partial charge is 0.497 e. The molecule has 9 heteroatoms. The summed E-state index contributed by atoms with van der Waals surface area (Å²) in [6, 6.07) is 21.3. The number of rotatable bonds is 7. The Morgan fingerprint density at radius 1 is 1.00 bits per heavy atom. The fraction of sp³-hybridized carbons (Fsp3) is 0.250. The van der Waals surface area contributed by atoms with Crippen LogP contribution in [0.25, 0.3) is 22.2 Å². The molecule has 0 unspecified atom stereocenters. The topological polar surface area (TPSA) is 86.6 Å². The van der Waals surface area contributed by atoms with Crippen LogP contribution in [-0.4, -0.2) is 38.3 Å². The second-order valence-corrected chi connectivity index (χ2v) is 11.7. The zero-order chi connectivity index (χ0) is 26.8. The third-order valence-corrected chi connectivity index (χ3v) is 7.61. The molecule has 0 aliphatic carbocycles. The summed E-state index contributed by atoms with van der Waals surface area (Å²) in [6.45, 7) is 5.57. The molecule has 0 bridgehead atoms. The number of aromatic nitrogens is 1. The van der Waals surface area contributed by atoms with E-state index in [-0.39, 0.29) is 16.5 Å². The quantitative estimate of drug-likeness (QED) is 0.298. The van der Waals surface area contributed by atoms with E-state index in [0.29, 0.717) is 23.2 Å². The second kappa shape index (κ2) is 10.6. The van der Waals surface area contributed by atoms with Crippen LogP contribution in [0.5, 0.6) is 5.75 Å². The molecule has 0 saturated carbocycles. The number of nitrogens with one attached hydrogen (secondary N) is 1. The Bertz CT molecular complexity index is 1540. The Balaban J connectivity index is 1.65. The normalized spacial score (nSPS) is 12.0. The Morgan fingerprint density at radius 2 is 1.70 bits per heavy atom. The van der Waals surface area contributed by atoms with E-state index in [4.69, 9.17) is 21.1 Å². The van der Waals surface area contributed by atoms with Crippen molar-refractivity contribution in [2.45, 2.75) is 37.7 Å². The first-order chi connectivity index (χ1) is 17.5. The van der Waals surface area contributed by atoms with E-state index in [0.717, 1.165) is 16.7 Å². The van der Waals surface area contributed by atoms with E-state index >= 15 is 0 Å². The van der Waals surface area contributed by atoms with E-state index in [9.17, 15) is 13.2 Å². The summed E-state index contributed by atoms with van der Waals surface area (Å²) in [6.07, 6.45) is -0.0615. The zero-order valence-corrected chi connectivity index (χ0v) is 22.7. The van der Waals surface area contributed by atoms with Crippen LogP contribution >= 0.6 is 11.6 Å². The van der Waals surface area contributed by atoms with Crippen molar-refractivity contribution in [1.82, 2.24) is 9.29 Å². The van der Waals surface area contributed by atoms with Gasteiger partial charge < -0.3 is 9.47 Å². The Hall–Kier alpha value is -3.33. The van der Waals surface area contributed by atoms with Gasteiger partial charge in [-0.2, -0.15) is 0 Å². The van der Waals surface area contributed by atoms with Gasteiger partial charge in [0.2, 0.25) is 10.0 Å². The molecular formula is C28H29ClN2O5S. The summed E-state index contributed by atoms with van der Waals surface area (Å²) in [4.78, 5) is 13.1. The van der Waals surface area contributed by atoms with Crippen molar-refractivity contribution in [3.8, 4) is 17.0 Å². The first-order valence-electron chi connectivity index (χ1n) is 11.7. The molecule has 3 aromatic carbocycles. The smallest absolute Gasteiger partial charge is 0.419 e. The molecule has 1 N–H and O–H groups in total. The molecule has 0 saturated heterocycles. The predicted molar refractivity (Wildman–Crippen MR) is 146 cm³/mol. The first-order valence-corrected chi connectivity index (χ1v) is 13.6. The molecule has 1 heterocycles. The number of hydrogen-bond donors (Lipinski definition) is 1. The summed E-state index contributed by atoms with van der Waals surface area (Å²) in [7, 11) is -2.34. The van der Waals surface area contributed by atoms with E-state index in [2.05, 4.69) is 4.72 Å². The van der Waals surface area contributed by atoms with Gasteiger partial charge in [0.15, 0.2) is 0 Å². The van der Waals surface area contributed by atoms with Crippen LogP contribution in [0.3, 0.4) is 0 Å². The molecule has 0 radical (unpaired) electrons. The van der Waals surface area contributed by atoms with Gasteiger partial charge in [0.1, 0.15) is 16.2 Å². The molecule has 0 fully saturated rings. The predicted octanol–water partition coefficient (Wildman–Crippen LogP) is 6.27. The van der Waals surface area contributed by atoms with Gasteiger partial charge in [-0.05, 0) is 69.2 Å². The van der Waals surface area contributed by atoms with Crippen molar-refractivity contribution in [3.05, 3.63) is 83.4 Å². The number of ether oxygens (including phenoxy) is 2. The van der Waals surface area contributed by atoms with Crippen LogP contribution in [0.15, 0.2) is 77.7 Å². The summed E-state index contributed by atoms with van der Waals surface area (Å²) < 4.78 is 41.3. The van der Waals surface area contributed by atoms with Gasteiger partial charge >= 0.3 is 6.09 Å². The molecule has 0 spiro atoms. The summed E-state index contributed by atoms with van der Waals surface area (Å²) >= 11 is 6.33. The van der Waals surface area contributed by atoms with E-state index in [1.807, 2.05) is 54.6 Å². The van der Waals surface area contributed by atoms with Crippen molar-refractivity contribution < 1.29 is 22.7 Å². The van der Waals surface area contributed by atoms with E-state index in [1.54, 1.807) is 33.9 Å². The maximum atomic E-state index is 13.2. The van der Waals surface area contributed by atoms with Gasteiger partial charge in [-0.1, -0.05) is 48.0 Å². The number of methoxy groups -OCH3 is 1. The highest BCUT2D eigenvalue weighted by molar-refractivity contribution is 7.89. The van der Waals surface area contributed by atoms with Gasteiger partial charge in [-0.25, -0.2) is 22.5 Å². The number of para-hydroxylation sites is 1. The van der Waals surface area contributed by atoms with Crippen molar-refractivity contribution >= 4 is 38.6 Å². The van der Waals surface area contributed by atoms with Crippen molar-refractivity contribution in [3.63, 3.8) is 0 Å². The van der Waals surface area contributed by atoms with Crippen LogP contribution in [0.2, 0.25) is 5.02 Å². The van der Waals surface area contributed by atoms with Gasteiger partial charge in [-0.3, -0.25) is 0 Å². The molecule has 194 valence electrons. The van der Waals surface area contributed by atoms with Crippen LogP contribution < -0.4 is 9.46 Å². The lowest BCUT2D eigenvalue weighted by Crippen LogP contribution is -2.27. The Kier molecular flexibility index (Phi) is 7.64. The van der Waals surface area contributed by atoms with Crippen LogP contribution in [0, 0.1) is 0 Å². The Labute approximate surface area is 222 Å². The molecule has 4 aromatic rings. The van der Waals surface area contributed by atoms with E-state index < -0.39 is 21.7 Å². The van der Waals surface area contributed by atoms with E-state index in [1.165, 1.54) is 16.7 Å². The highest BCUT2D eigenvalue weighted by Crippen LogP contribution is 2.33. The van der Waals surface area contributed by atoms with Gasteiger partial charge in [-0.15, -0.1) is 0 Å². The highest BCUT2D eigenvalue weighted by atomic mass is 35.5. The summed E-state index contributed by atoms with van der Waals surface area (Å²) in [5, 5.41) is 0.904. The van der Waals surface area contributed by atoms with Crippen LogP contribution in [0.4, 0.5) is 4.79 Å². The summed E-state index contributed by atoms with van der Waals surface area (Å²) in [5.41, 5.74) is 1.93.